The molecule has 10 heteroatoms. The molecule has 4 rings (SSSR count). The Bertz CT molecular complexity index is 1130. The number of nitrogens with zero attached hydrogens (tertiary/aromatic N) is 5. The number of benzene rings is 1. The lowest BCUT2D eigenvalue weighted by atomic mass is 9.96. The molecule has 1 fully saturated rings. The molecule has 164 valence electrons. The monoisotopic (exact) mass is 443 g/mol. The first-order chi connectivity index (χ1) is 15.0. The fourth-order valence-electron chi connectivity index (χ4n) is 3.76. The number of aromatic nitrogens is 4. The maximum absolute atomic E-state index is 13.2. The van der Waals surface area contributed by atoms with Gasteiger partial charge in [-0.3, -0.25) is 4.98 Å². The summed E-state index contributed by atoms with van der Waals surface area (Å²) in [7, 11) is -3.59. The number of piperidine rings is 1. The molecular weight excluding hydrogens is 418 g/mol. The van der Waals surface area contributed by atoms with Crippen LogP contribution in [0.1, 0.15) is 31.2 Å². The summed E-state index contributed by atoms with van der Waals surface area (Å²) in [6.45, 7) is 5.21. The summed E-state index contributed by atoms with van der Waals surface area (Å²) in [4.78, 5) is 12.9. The third-order valence-corrected chi connectivity index (χ3v) is 7.15. The van der Waals surface area contributed by atoms with E-state index in [1.165, 1.54) is 0 Å². The first kappa shape index (κ1) is 21.4. The van der Waals surface area contributed by atoms with Crippen LogP contribution in [-0.4, -0.2) is 52.5 Å². The van der Waals surface area contributed by atoms with Crippen LogP contribution in [0.15, 0.2) is 46.2 Å². The average Bonchev–Trinajstić information content (AvgIpc) is 3.24. The molecule has 31 heavy (non-hydrogen) atoms. The van der Waals surface area contributed by atoms with Gasteiger partial charge in [0.2, 0.25) is 21.7 Å². The predicted molar refractivity (Wildman–Crippen MR) is 113 cm³/mol. The summed E-state index contributed by atoms with van der Waals surface area (Å²) >= 11 is 0. The minimum Gasteiger partial charge on any atom is -0.494 e. The Balaban J connectivity index is 1.46. The van der Waals surface area contributed by atoms with Crippen molar-refractivity contribution < 1.29 is 17.7 Å². The topological polar surface area (TPSA) is 111 Å². The molecule has 3 heterocycles. The molecule has 0 spiro atoms. The van der Waals surface area contributed by atoms with Crippen LogP contribution in [0.4, 0.5) is 0 Å². The van der Waals surface area contributed by atoms with Crippen molar-refractivity contribution in [1.82, 2.24) is 24.4 Å². The Morgan fingerprint density at radius 3 is 2.90 bits per heavy atom. The molecule has 0 radical (unpaired) electrons. The lowest BCUT2D eigenvalue weighted by Gasteiger charge is -2.31. The van der Waals surface area contributed by atoms with E-state index < -0.39 is 10.0 Å². The van der Waals surface area contributed by atoms with Crippen LogP contribution in [0.5, 0.6) is 5.75 Å². The van der Waals surface area contributed by atoms with Crippen LogP contribution < -0.4 is 4.74 Å². The molecule has 1 aromatic carbocycles. The van der Waals surface area contributed by atoms with Crippen molar-refractivity contribution in [3.8, 4) is 17.3 Å². The minimum absolute atomic E-state index is 0.0995. The van der Waals surface area contributed by atoms with E-state index in [-0.39, 0.29) is 10.8 Å². The van der Waals surface area contributed by atoms with Crippen molar-refractivity contribution >= 4 is 10.0 Å². The van der Waals surface area contributed by atoms with Gasteiger partial charge < -0.3 is 9.26 Å². The van der Waals surface area contributed by atoms with E-state index in [0.29, 0.717) is 49.3 Å². The van der Waals surface area contributed by atoms with Crippen molar-refractivity contribution in [2.45, 2.75) is 38.0 Å². The second-order valence-electron chi connectivity index (χ2n) is 7.54. The first-order valence-electron chi connectivity index (χ1n) is 10.3. The van der Waals surface area contributed by atoms with Crippen molar-refractivity contribution in [3.05, 3.63) is 48.2 Å². The van der Waals surface area contributed by atoms with Gasteiger partial charge in [-0.25, -0.2) is 13.4 Å². The van der Waals surface area contributed by atoms with Crippen molar-refractivity contribution in [1.29, 1.82) is 0 Å². The van der Waals surface area contributed by atoms with Crippen LogP contribution in [0.3, 0.4) is 0 Å². The highest BCUT2D eigenvalue weighted by molar-refractivity contribution is 7.89. The van der Waals surface area contributed by atoms with E-state index in [1.54, 1.807) is 41.1 Å². The third-order valence-electron chi connectivity index (χ3n) is 5.29. The fourth-order valence-corrected chi connectivity index (χ4v) is 5.40. The van der Waals surface area contributed by atoms with Gasteiger partial charge >= 0.3 is 0 Å². The van der Waals surface area contributed by atoms with Gasteiger partial charge in [-0.2, -0.15) is 9.29 Å². The SMILES string of the molecule is CCOc1ccc(S(=O)(=O)N2CCCC(Cc3nc(-c4cnccn4)no3)C2)cc1C. The zero-order valence-corrected chi connectivity index (χ0v) is 18.4. The van der Waals surface area contributed by atoms with Gasteiger partial charge in [-0.15, -0.1) is 0 Å². The zero-order chi connectivity index (χ0) is 21.8. The Morgan fingerprint density at radius 1 is 1.29 bits per heavy atom. The molecule has 0 N–H and O–H groups in total. The van der Waals surface area contributed by atoms with Gasteiger partial charge in [0.05, 0.1) is 17.7 Å². The highest BCUT2D eigenvalue weighted by Gasteiger charge is 2.31. The van der Waals surface area contributed by atoms with Crippen LogP contribution in [0.25, 0.3) is 11.5 Å². The van der Waals surface area contributed by atoms with Crippen LogP contribution in [0, 0.1) is 12.8 Å². The standard InChI is InChI=1S/C21H25N5O4S/c1-3-29-19-7-6-17(11-15(19)2)31(27,28)26-10-4-5-16(14-26)12-20-24-21(25-30-20)18-13-22-8-9-23-18/h6-9,11,13,16H,3-5,10,12,14H2,1-2H3. The highest BCUT2D eigenvalue weighted by atomic mass is 32.2. The second-order valence-corrected chi connectivity index (χ2v) is 9.48. The quantitative estimate of drug-likeness (QED) is 0.548. The molecule has 1 aliphatic heterocycles. The van der Waals surface area contributed by atoms with E-state index in [1.807, 2.05) is 13.8 Å². The van der Waals surface area contributed by atoms with Gasteiger partial charge in [0.25, 0.3) is 0 Å². The largest absolute Gasteiger partial charge is 0.494 e. The number of hydrogen-bond donors (Lipinski definition) is 0. The van der Waals surface area contributed by atoms with E-state index in [4.69, 9.17) is 9.26 Å². The van der Waals surface area contributed by atoms with E-state index in [2.05, 4.69) is 20.1 Å². The molecule has 1 saturated heterocycles. The highest BCUT2D eigenvalue weighted by Crippen LogP contribution is 2.28. The summed E-state index contributed by atoms with van der Waals surface area (Å²) < 4.78 is 38.9. The molecule has 0 amide bonds. The number of hydrogen-bond acceptors (Lipinski definition) is 8. The minimum atomic E-state index is -3.59. The van der Waals surface area contributed by atoms with Crippen molar-refractivity contribution in [3.63, 3.8) is 0 Å². The van der Waals surface area contributed by atoms with E-state index >= 15 is 0 Å². The van der Waals surface area contributed by atoms with Crippen LogP contribution in [0.2, 0.25) is 0 Å². The predicted octanol–water partition coefficient (Wildman–Crippen LogP) is 2.88. The summed E-state index contributed by atoms with van der Waals surface area (Å²) in [6, 6.07) is 5.01. The average molecular weight is 444 g/mol. The Kier molecular flexibility index (Phi) is 6.28. The number of rotatable bonds is 7. The van der Waals surface area contributed by atoms with Gasteiger partial charge in [-0.05, 0) is 56.4 Å². The molecule has 1 aliphatic rings. The van der Waals surface area contributed by atoms with Crippen LogP contribution in [-0.2, 0) is 16.4 Å². The summed E-state index contributed by atoms with van der Waals surface area (Å²) in [5, 5.41) is 3.97. The lowest BCUT2D eigenvalue weighted by molar-refractivity contribution is 0.247. The molecule has 1 unspecified atom stereocenters. The van der Waals surface area contributed by atoms with Gasteiger partial charge in [0.15, 0.2) is 0 Å². The van der Waals surface area contributed by atoms with Crippen molar-refractivity contribution in [2.75, 3.05) is 19.7 Å². The second kappa shape index (κ2) is 9.11. The molecule has 3 aromatic rings. The third kappa shape index (κ3) is 4.75. The number of sulfonamides is 1. The van der Waals surface area contributed by atoms with Crippen molar-refractivity contribution in [2.24, 2.45) is 5.92 Å². The Morgan fingerprint density at radius 2 is 2.16 bits per heavy atom. The van der Waals surface area contributed by atoms with Gasteiger partial charge in [0, 0.05) is 31.9 Å². The van der Waals surface area contributed by atoms with Crippen LogP contribution >= 0.6 is 0 Å². The Labute approximate surface area is 181 Å². The summed E-state index contributed by atoms with van der Waals surface area (Å²) in [6.07, 6.45) is 6.91. The van der Waals surface area contributed by atoms with E-state index in [0.717, 1.165) is 18.4 Å². The maximum Gasteiger partial charge on any atom is 0.243 e. The van der Waals surface area contributed by atoms with Gasteiger partial charge in [0.1, 0.15) is 11.4 Å². The molecular formula is C21H25N5O4S. The number of aryl methyl sites for hydroxylation is 1. The molecule has 9 nitrogen and oxygen atoms in total. The number of ether oxygens (including phenoxy) is 1. The summed E-state index contributed by atoms with van der Waals surface area (Å²) in [5.41, 5.74) is 1.34. The lowest BCUT2D eigenvalue weighted by Crippen LogP contribution is -2.40. The molecule has 0 aliphatic carbocycles. The smallest absolute Gasteiger partial charge is 0.243 e. The zero-order valence-electron chi connectivity index (χ0n) is 17.6. The Hall–Kier alpha value is -2.85. The first-order valence-corrected chi connectivity index (χ1v) is 11.7. The fraction of sp³-hybridized carbons (Fsp3) is 0.429. The molecule has 2 aromatic heterocycles. The molecule has 0 bridgehead atoms. The molecule has 0 saturated carbocycles. The maximum atomic E-state index is 13.2. The van der Waals surface area contributed by atoms with Gasteiger partial charge in [-0.1, -0.05) is 5.16 Å². The summed E-state index contributed by atoms with van der Waals surface area (Å²) in [5.74, 6) is 1.66. The van der Waals surface area contributed by atoms with E-state index in [9.17, 15) is 8.42 Å². The normalized spacial score (nSPS) is 17.5. The molecule has 1 atom stereocenters.